The highest BCUT2D eigenvalue weighted by Gasteiger charge is 2.68. The summed E-state index contributed by atoms with van der Waals surface area (Å²) in [6, 6.07) is 31.4. The standard InChI is InChI=1S/C62H57N3O/c1-38-31-41(43-32-46(60(5,6)7)37-47(33-43)61(8,9)10)25-28-52(38)64-53-21-16-20-48-50-34-44(39-17-12-11-13-18-39)35-51-54-36-42(40-23-26-45(27-24-40)59(2,3)4)29-30-63(54)62(56(50)51)65(57(48)53)58(64)49-19-14-15-22-55(49)66-62/h11-37H,1-10H3/q+2/i1D3,2D3,3D3,4D3,23D,24D,26D,27D,29D,30D,36D. The van der Waals surface area contributed by atoms with Gasteiger partial charge in [0.05, 0.1) is 13.8 Å². The van der Waals surface area contributed by atoms with E-state index in [1.54, 1.807) is 24.3 Å². The Morgan fingerprint density at radius 1 is 0.561 bits per heavy atom. The van der Waals surface area contributed by atoms with Gasteiger partial charge in [0.1, 0.15) is 23.9 Å². The van der Waals surface area contributed by atoms with Crippen molar-refractivity contribution < 1.29 is 39.9 Å². The van der Waals surface area contributed by atoms with Crippen LogP contribution in [0.1, 0.15) is 116 Å². The van der Waals surface area contributed by atoms with Crippen molar-refractivity contribution in [3.8, 4) is 78.6 Å². The molecule has 9 aromatic rings. The molecule has 0 radical (unpaired) electrons. The van der Waals surface area contributed by atoms with E-state index in [0.717, 1.165) is 22.3 Å². The Balaban J connectivity index is 1.21. The maximum atomic E-state index is 10.4. The van der Waals surface area contributed by atoms with Gasteiger partial charge in [0.15, 0.2) is 17.2 Å². The van der Waals surface area contributed by atoms with Gasteiger partial charge in [-0.1, -0.05) is 159 Å². The Morgan fingerprint density at radius 2 is 1.26 bits per heavy atom. The minimum atomic E-state index is -3.96. The molecule has 5 heterocycles. The second-order valence-corrected chi connectivity index (χ2v) is 19.6. The lowest BCUT2D eigenvalue weighted by Gasteiger charge is -2.32. The second-order valence-electron chi connectivity index (χ2n) is 19.6. The molecule has 0 N–H and O–H groups in total. The maximum absolute atomic E-state index is 10.4. The summed E-state index contributed by atoms with van der Waals surface area (Å²) in [6.07, 6.45) is -0.662. The van der Waals surface area contributed by atoms with Crippen molar-refractivity contribution in [2.24, 2.45) is 0 Å². The molecule has 3 aliphatic rings. The molecule has 66 heavy (non-hydrogen) atoms. The molecule has 0 fully saturated rings. The Kier molecular flexibility index (Phi) is 5.21. The molecule has 1 atom stereocenters. The van der Waals surface area contributed by atoms with Crippen LogP contribution in [-0.2, 0) is 22.1 Å². The van der Waals surface area contributed by atoms with Crippen molar-refractivity contribution in [2.45, 2.75) is 91.0 Å². The molecule has 7 aromatic carbocycles. The number of fused-ring (bicyclic) bond motifs is 5. The summed E-state index contributed by atoms with van der Waals surface area (Å²) in [4.78, 5) is 0. The molecule has 0 amide bonds. The molecule has 2 aromatic heterocycles. The Bertz CT molecular complexity index is 4290. The number of rotatable bonds is 4. The van der Waals surface area contributed by atoms with Gasteiger partial charge in [-0.3, -0.25) is 0 Å². The van der Waals surface area contributed by atoms with Crippen LogP contribution in [0.2, 0.25) is 0 Å². The van der Waals surface area contributed by atoms with E-state index in [0.29, 0.717) is 61.5 Å². The van der Waals surface area contributed by atoms with E-state index in [2.05, 4.69) is 59.7 Å². The van der Waals surface area contributed by atoms with Gasteiger partial charge < -0.3 is 4.74 Å². The number of para-hydroxylation sites is 2. The summed E-state index contributed by atoms with van der Waals surface area (Å²) in [7, 11) is 0. The normalized spacial score (nSPS) is 20.5. The van der Waals surface area contributed by atoms with Crippen molar-refractivity contribution in [1.82, 2.24) is 4.57 Å². The molecule has 324 valence electrons. The predicted molar refractivity (Wildman–Crippen MR) is 270 cm³/mol. The molecule has 0 bridgehead atoms. The van der Waals surface area contributed by atoms with Crippen molar-refractivity contribution in [2.75, 3.05) is 0 Å². The van der Waals surface area contributed by atoms with Gasteiger partial charge >= 0.3 is 11.7 Å². The van der Waals surface area contributed by atoms with Gasteiger partial charge in [-0.2, -0.15) is 4.57 Å². The van der Waals surface area contributed by atoms with Crippen LogP contribution in [0.3, 0.4) is 0 Å². The molecule has 12 rings (SSSR count). The van der Waals surface area contributed by atoms with Crippen LogP contribution >= 0.6 is 0 Å². The fourth-order valence-electron chi connectivity index (χ4n) is 9.92. The first kappa shape index (κ1) is 25.0. The third-order valence-electron chi connectivity index (χ3n) is 13.3. The summed E-state index contributed by atoms with van der Waals surface area (Å²) < 4.78 is 184. The van der Waals surface area contributed by atoms with Gasteiger partial charge in [-0.15, -0.1) is 9.13 Å². The lowest BCUT2D eigenvalue weighted by atomic mass is 9.79. The average Bonchev–Trinajstić information content (AvgIpc) is 1.64. The molecular weight excluding hydrogens is 803 g/mol. The molecule has 4 heteroatoms. The SMILES string of the molecule is [2H]c1c([2H])c(C(C([2H])([2H])[2H])(C([2H])([2H])[2H])C([2H])([2H])[2H])c([2H])c([2H])c1-c1c([2H])c([2H])[n+]2c(c1[2H])-c1cc(-c3ccccc3)cc3c1C21Oc2ccccc2-c2n(-c4ccc(-c5cc(C(C)(C)C)cc(C(C)(C)C)c5)cc4C([2H])([2H])[2H])c4cccc-3c4[n+]21. The third kappa shape index (κ3) is 5.83. The Morgan fingerprint density at radius 3 is 1.98 bits per heavy atom. The number of benzene rings is 7. The second kappa shape index (κ2) is 13.7. The minimum Gasteiger partial charge on any atom is -0.392 e. The van der Waals surface area contributed by atoms with Crippen molar-refractivity contribution >= 4 is 11.0 Å². The number of imidazole rings is 1. The zero-order valence-electron chi connectivity index (χ0n) is 56.3. The first-order valence-corrected chi connectivity index (χ1v) is 22.0. The summed E-state index contributed by atoms with van der Waals surface area (Å²) >= 11 is 0. The molecule has 0 saturated heterocycles. The van der Waals surface area contributed by atoms with Gasteiger partial charge in [0.25, 0.3) is 0 Å². The molecule has 3 aliphatic heterocycles. The van der Waals surface area contributed by atoms with Crippen LogP contribution in [0.5, 0.6) is 5.75 Å². The summed E-state index contributed by atoms with van der Waals surface area (Å²) in [5.41, 5.74) is 1.59. The Labute approximate surface area is 416 Å². The van der Waals surface area contributed by atoms with Crippen LogP contribution in [0.4, 0.5) is 0 Å². The lowest BCUT2D eigenvalue weighted by Crippen LogP contribution is -2.78. The monoisotopic (exact) mass is 879 g/mol. The number of nitrogens with zero attached hydrogens (tertiary/aromatic N) is 3. The van der Waals surface area contributed by atoms with Crippen molar-refractivity contribution in [3.63, 3.8) is 0 Å². The number of ether oxygens (including phenoxy) is 1. The smallest absolute Gasteiger partial charge is 0.392 e. The quantitative estimate of drug-likeness (QED) is 0.161. The zero-order valence-corrected chi connectivity index (χ0v) is 37.3. The molecule has 1 spiro atoms. The van der Waals surface area contributed by atoms with Crippen LogP contribution in [0, 0.1) is 6.85 Å². The summed E-state index contributed by atoms with van der Waals surface area (Å²) in [5, 5.41) is 0. The number of hydrogen-bond donors (Lipinski definition) is 0. The lowest BCUT2D eigenvalue weighted by molar-refractivity contribution is -0.997. The van der Waals surface area contributed by atoms with E-state index in [4.69, 9.17) is 17.1 Å². The van der Waals surface area contributed by atoms with Crippen molar-refractivity contribution in [3.05, 3.63) is 192 Å². The summed E-state index contributed by atoms with van der Waals surface area (Å²) in [5.74, 6) is -1.36. The van der Waals surface area contributed by atoms with E-state index in [9.17, 15) is 13.7 Å². The van der Waals surface area contributed by atoms with Gasteiger partial charge in [-0.05, 0) is 127 Å². The molecular formula is C62H57N3O+2. The highest BCUT2D eigenvalue weighted by Crippen LogP contribution is 2.54. The van der Waals surface area contributed by atoms with E-state index in [-0.39, 0.29) is 27.8 Å². The average molecular weight is 879 g/mol. The third-order valence-corrected chi connectivity index (χ3v) is 13.3. The fourth-order valence-corrected chi connectivity index (χ4v) is 9.92. The highest BCUT2D eigenvalue weighted by molar-refractivity contribution is 5.99. The van der Waals surface area contributed by atoms with E-state index in [1.807, 2.05) is 88.0 Å². The largest absolute Gasteiger partial charge is 0.499 e. The first-order chi connectivity index (χ1) is 39.4. The number of aromatic nitrogens is 3. The van der Waals surface area contributed by atoms with Gasteiger partial charge in [0.2, 0.25) is 5.69 Å². The molecule has 0 saturated carbocycles. The van der Waals surface area contributed by atoms with Crippen LogP contribution < -0.4 is 13.9 Å². The summed E-state index contributed by atoms with van der Waals surface area (Å²) in [6.45, 7) is -1.76. The van der Waals surface area contributed by atoms with Crippen LogP contribution in [-0.4, -0.2) is 4.57 Å². The van der Waals surface area contributed by atoms with Gasteiger partial charge in [0, 0.05) is 39.7 Å². The Hall–Kier alpha value is -7.04. The predicted octanol–water partition coefficient (Wildman–Crippen LogP) is 14.6. The number of aryl methyl sites for hydroxylation is 1. The van der Waals surface area contributed by atoms with E-state index in [1.165, 1.54) is 4.57 Å². The van der Waals surface area contributed by atoms with Crippen LogP contribution in [0.15, 0.2) is 164 Å². The fraction of sp³-hybridized carbons (Fsp3) is 0.226. The minimum absolute atomic E-state index is 0.0305. The number of hydrogen-bond acceptors (Lipinski definition) is 1. The highest BCUT2D eigenvalue weighted by atomic mass is 16.5. The molecule has 0 aliphatic carbocycles. The van der Waals surface area contributed by atoms with E-state index >= 15 is 0 Å². The number of pyridine rings is 1. The topological polar surface area (TPSA) is 21.9 Å². The van der Waals surface area contributed by atoms with Gasteiger partial charge in [-0.25, -0.2) is 0 Å². The van der Waals surface area contributed by atoms with Crippen molar-refractivity contribution in [1.29, 1.82) is 0 Å². The molecule has 1 unspecified atom stereocenters. The maximum Gasteiger partial charge on any atom is 0.499 e. The first-order valence-electron chi connectivity index (χ1n) is 31.5. The molecule has 4 nitrogen and oxygen atoms in total. The van der Waals surface area contributed by atoms with Crippen LogP contribution in [0.25, 0.3) is 83.9 Å². The zero-order chi connectivity index (χ0) is 61.7. The van der Waals surface area contributed by atoms with E-state index < -0.39 is 97.8 Å².